The van der Waals surface area contributed by atoms with Gasteiger partial charge >= 0.3 is 18.0 Å². The second kappa shape index (κ2) is 6.98. The summed E-state index contributed by atoms with van der Waals surface area (Å²) in [5.41, 5.74) is 1.35. The first-order valence-corrected chi connectivity index (χ1v) is 9.65. The zero-order chi connectivity index (χ0) is 20.9. The number of urea groups is 1. The Morgan fingerprint density at radius 1 is 1.21 bits per heavy atom. The standard InChI is InChI=1S/C20H24N5O4/c1-5-29-18(27)13-6-8-14(9-7-13)24-10-12(2)11-25-15-16(21-19(24)25)22(3)20(28)23(4)17(15)26/h6-9,12,15H,5,10-11H2,1-4H3/q+1. The third-order valence-corrected chi connectivity index (χ3v) is 5.44. The van der Waals surface area contributed by atoms with Gasteiger partial charge in [-0.1, -0.05) is 11.9 Å². The number of ether oxygens (including phenoxy) is 1. The van der Waals surface area contributed by atoms with Crippen LogP contribution in [0.5, 0.6) is 0 Å². The molecule has 3 aliphatic rings. The number of nitrogens with zero attached hydrogens (tertiary/aromatic N) is 5. The van der Waals surface area contributed by atoms with Crippen LogP contribution in [-0.4, -0.2) is 83.9 Å². The number of amidine groups is 1. The zero-order valence-corrected chi connectivity index (χ0v) is 17.0. The number of anilines is 1. The molecule has 9 nitrogen and oxygen atoms in total. The predicted molar refractivity (Wildman–Crippen MR) is 106 cm³/mol. The van der Waals surface area contributed by atoms with Crippen molar-refractivity contribution < 1.29 is 23.7 Å². The number of imide groups is 1. The molecule has 1 saturated heterocycles. The third kappa shape index (κ3) is 2.97. The number of hydrogen-bond donors (Lipinski definition) is 0. The summed E-state index contributed by atoms with van der Waals surface area (Å²) in [7, 11) is 3.13. The highest BCUT2D eigenvalue weighted by molar-refractivity contribution is 6.23. The molecule has 0 saturated carbocycles. The van der Waals surface area contributed by atoms with Crippen molar-refractivity contribution in [2.24, 2.45) is 10.9 Å². The Balaban J connectivity index is 1.71. The summed E-state index contributed by atoms with van der Waals surface area (Å²) in [4.78, 5) is 46.3. The van der Waals surface area contributed by atoms with Gasteiger partial charge in [0.15, 0.2) is 0 Å². The number of amides is 3. The molecular weight excluding hydrogens is 374 g/mol. The van der Waals surface area contributed by atoms with E-state index in [1.54, 1.807) is 26.1 Å². The van der Waals surface area contributed by atoms with Gasteiger partial charge in [-0.2, -0.15) is 0 Å². The Morgan fingerprint density at radius 2 is 1.90 bits per heavy atom. The van der Waals surface area contributed by atoms with E-state index in [0.717, 1.165) is 17.1 Å². The smallest absolute Gasteiger partial charge is 0.397 e. The lowest BCUT2D eigenvalue weighted by molar-refractivity contribution is -0.545. The molecule has 2 atom stereocenters. The van der Waals surface area contributed by atoms with E-state index in [1.165, 1.54) is 11.9 Å². The lowest BCUT2D eigenvalue weighted by Crippen LogP contribution is -2.62. The highest BCUT2D eigenvalue weighted by atomic mass is 16.5. The van der Waals surface area contributed by atoms with Gasteiger partial charge in [-0.25, -0.2) is 19.1 Å². The SMILES string of the molecule is CCOC(=O)c1ccc(N2CC(C)C[N+]3=C2N=C2C3C(=O)N(C)C(=O)N2C)cc1. The number of guanidine groups is 1. The van der Waals surface area contributed by atoms with Crippen LogP contribution in [0.25, 0.3) is 0 Å². The van der Waals surface area contributed by atoms with Crippen LogP contribution in [-0.2, 0) is 9.53 Å². The van der Waals surface area contributed by atoms with E-state index in [1.807, 2.05) is 21.6 Å². The van der Waals surface area contributed by atoms with Crippen LogP contribution >= 0.6 is 0 Å². The maximum Gasteiger partial charge on any atom is 0.397 e. The van der Waals surface area contributed by atoms with Crippen molar-refractivity contribution in [3.8, 4) is 0 Å². The van der Waals surface area contributed by atoms with Crippen molar-refractivity contribution >= 4 is 35.4 Å². The van der Waals surface area contributed by atoms with E-state index in [-0.39, 0.29) is 23.8 Å². The zero-order valence-electron chi connectivity index (χ0n) is 17.0. The van der Waals surface area contributed by atoms with Crippen molar-refractivity contribution in [3.05, 3.63) is 29.8 Å². The first-order valence-electron chi connectivity index (χ1n) is 9.65. The number of hydrogen-bond acceptors (Lipinski definition) is 6. The van der Waals surface area contributed by atoms with Crippen LogP contribution in [0.15, 0.2) is 29.3 Å². The number of rotatable bonds is 3. The van der Waals surface area contributed by atoms with Crippen LogP contribution in [0.2, 0.25) is 0 Å². The second-order valence-corrected chi connectivity index (χ2v) is 7.55. The quantitative estimate of drug-likeness (QED) is 0.560. The fraction of sp³-hybridized carbons (Fsp3) is 0.450. The molecule has 0 N–H and O–H groups in total. The maximum atomic E-state index is 12.8. The van der Waals surface area contributed by atoms with E-state index < -0.39 is 6.04 Å². The average Bonchev–Trinajstić information content (AvgIpc) is 3.10. The number of benzene rings is 1. The molecule has 0 aromatic heterocycles. The summed E-state index contributed by atoms with van der Waals surface area (Å²) in [6.07, 6.45) is 0. The first-order chi connectivity index (χ1) is 13.8. The Morgan fingerprint density at radius 3 is 2.55 bits per heavy atom. The van der Waals surface area contributed by atoms with Crippen LogP contribution in [0, 0.1) is 5.92 Å². The first kappa shape index (κ1) is 19.1. The van der Waals surface area contributed by atoms with Gasteiger partial charge in [0.1, 0.15) is 5.69 Å². The maximum absolute atomic E-state index is 12.8. The summed E-state index contributed by atoms with van der Waals surface area (Å²) in [6.45, 7) is 5.60. The molecule has 4 rings (SSSR count). The molecule has 152 valence electrons. The van der Waals surface area contributed by atoms with Gasteiger partial charge in [-0.3, -0.25) is 14.6 Å². The van der Waals surface area contributed by atoms with Gasteiger partial charge in [0, 0.05) is 20.0 Å². The Kier molecular flexibility index (Phi) is 4.60. The number of aliphatic imine (C=N–C) groups is 1. The van der Waals surface area contributed by atoms with Crippen LogP contribution in [0.3, 0.4) is 0 Å². The molecule has 1 aromatic carbocycles. The van der Waals surface area contributed by atoms with Gasteiger partial charge in [-0.15, -0.1) is 0 Å². The fourth-order valence-corrected chi connectivity index (χ4v) is 3.99. The van der Waals surface area contributed by atoms with Gasteiger partial charge in [-0.05, 0) is 31.2 Å². The lowest BCUT2D eigenvalue weighted by Gasteiger charge is -2.33. The molecule has 3 amide bonds. The van der Waals surface area contributed by atoms with E-state index in [9.17, 15) is 14.4 Å². The molecule has 29 heavy (non-hydrogen) atoms. The monoisotopic (exact) mass is 398 g/mol. The number of esters is 1. The molecule has 1 aromatic rings. The molecule has 9 heteroatoms. The van der Waals surface area contributed by atoms with E-state index >= 15 is 0 Å². The minimum atomic E-state index is -0.596. The highest BCUT2D eigenvalue weighted by Gasteiger charge is 2.54. The van der Waals surface area contributed by atoms with Crippen molar-refractivity contribution in [3.63, 3.8) is 0 Å². The van der Waals surface area contributed by atoms with Gasteiger partial charge in [0.25, 0.3) is 5.91 Å². The summed E-state index contributed by atoms with van der Waals surface area (Å²) in [5, 5.41) is 0. The van der Waals surface area contributed by atoms with Gasteiger partial charge < -0.3 is 4.74 Å². The number of likely N-dealkylation sites (N-methyl/N-ethyl adjacent to an activating group) is 2. The van der Waals surface area contributed by atoms with E-state index in [2.05, 4.69) is 11.9 Å². The molecule has 3 heterocycles. The third-order valence-electron chi connectivity index (χ3n) is 5.44. The van der Waals surface area contributed by atoms with Gasteiger partial charge in [0.05, 0.1) is 25.3 Å². The molecule has 2 unspecified atom stereocenters. The number of carbonyl (C=O) groups excluding carboxylic acids is 3. The molecule has 0 bridgehead atoms. The van der Waals surface area contributed by atoms with E-state index in [0.29, 0.717) is 30.5 Å². The predicted octanol–water partition coefficient (Wildman–Crippen LogP) is 0.992. The number of fused-ring (bicyclic) bond motifs is 2. The molecule has 0 radical (unpaired) electrons. The fourth-order valence-electron chi connectivity index (χ4n) is 3.99. The Labute approximate surface area is 168 Å². The average molecular weight is 398 g/mol. The van der Waals surface area contributed by atoms with Crippen molar-refractivity contribution in [2.75, 3.05) is 38.7 Å². The summed E-state index contributed by atoms with van der Waals surface area (Å²) < 4.78 is 7.00. The van der Waals surface area contributed by atoms with Crippen LogP contribution < -0.4 is 4.90 Å². The minimum absolute atomic E-state index is 0.270. The molecular formula is C20H24N5O4+. The minimum Gasteiger partial charge on any atom is -0.462 e. The van der Waals surface area contributed by atoms with Crippen LogP contribution in [0.4, 0.5) is 10.5 Å². The van der Waals surface area contributed by atoms with Crippen molar-refractivity contribution in [1.29, 1.82) is 0 Å². The van der Waals surface area contributed by atoms with Crippen LogP contribution in [0.1, 0.15) is 24.2 Å². The topological polar surface area (TPSA) is 85.5 Å². The van der Waals surface area contributed by atoms with Crippen molar-refractivity contribution in [1.82, 2.24) is 9.80 Å². The molecule has 1 fully saturated rings. The summed E-state index contributed by atoms with van der Waals surface area (Å²) >= 11 is 0. The molecule has 3 aliphatic heterocycles. The second-order valence-electron chi connectivity index (χ2n) is 7.55. The molecule has 0 aliphatic carbocycles. The molecule has 0 spiro atoms. The normalized spacial score (nSPS) is 23.9. The van der Waals surface area contributed by atoms with Crippen molar-refractivity contribution in [2.45, 2.75) is 19.9 Å². The lowest BCUT2D eigenvalue weighted by atomic mass is 10.1. The summed E-state index contributed by atoms with van der Waals surface area (Å²) in [5.74, 6) is 0.750. The number of carbonyl (C=O) groups is 3. The Bertz CT molecular complexity index is 952. The van der Waals surface area contributed by atoms with Gasteiger partial charge in [0.2, 0.25) is 11.9 Å². The Hall–Kier alpha value is -3.23. The summed E-state index contributed by atoms with van der Waals surface area (Å²) in [6, 6.07) is 6.16. The highest BCUT2D eigenvalue weighted by Crippen LogP contribution is 2.28. The largest absolute Gasteiger partial charge is 0.462 e. The van der Waals surface area contributed by atoms with E-state index in [4.69, 9.17) is 4.74 Å².